The summed E-state index contributed by atoms with van der Waals surface area (Å²) in [5.41, 5.74) is 0. The maximum atomic E-state index is 12.8. The average molecular weight is 1190 g/mol. The zero-order valence-corrected chi connectivity index (χ0v) is 57.1. The largest absolute Gasteiger partial charge is 0.756 e. The van der Waals surface area contributed by atoms with E-state index < -0.39 is 26.5 Å². The number of rotatable bonds is 69. The molecule has 2 atom stereocenters. The molecular formula is C73H142NO8P. The van der Waals surface area contributed by atoms with E-state index in [1.807, 2.05) is 21.1 Å². The monoisotopic (exact) mass is 1190 g/mol. The SMILES string of the molecule is CCCCCCC/C=C\C/C=C\CCCCCCCCCCCCCC(=O)OC(COC(=O)CCCCCCCCCCCCCCCCCCCCCCCCCCCCCCCCCCCCCC)COP(=O)([O-])OCC[N+](C)(C)C. The Morgan fingerprint density at radius 2 is 0.651 bits per heavy atom. The van der Waals surface area contributed by atoms with Crippen molar-refractivity contribution in [1.82, 2.24) is 0 Å². The molecule has 0 aromatic carbocycles. The summed E-state index contributed by atoms with van der Waals surface area (Å²) in [6.07, 6.45) is 81.4. The van der Waals surface area contributed by atoms with Gasteiger partial charge in [-0.15, -0.1) is 0 Å². The Morgan fingerprint density at radius 3 is 0.952 bits per heavy atom. The first-order valence-electron chi connectivity index (χ1n) is 36.5. The van der Waals surface area contributed by atoms with Gasteiger partial charge in [0.05, 0.1) is 27.7 Å². The molecule has 492 valence electrons. The van der Waals surface area contributed by atoms with Gasteiger partial charge in [-0.05, 0) is 44.9 Å². The number of nitrogens with zero attached hydrogens (tertiary/aromatic N) is 1. The second kappa shape index (κ2) is 64.9. The second-order valence-corrected chi connectivity index (χ2v) is 27.7. The van der Waals surface area contributed by atoms with Gasteiger partial charge in [0.15, 0.2) is 6.10 Å². The van der Waals surface area contributed by atoms with Crippen molar-refractivity contribution in [3.63, 3.8) is 0 Å². The summed E-state index contributed by atoms with van der Waals surface area (Å²) in [6.45, 7) is 4.30. The average Bonchev–Trinajstić information content (AvgIpc) is 3.49. The molecule has 2 unspecified atom stereocenters. The molecule has 0 saturated heterocycles. The Hall–Kier alpha value is -1.51. The van der Waals surface area contributed by atoms with Crippen LogP contribution in [0.4, 0.5) is 0 Å². The number of hydrogen-bond acceptors (Lipinski definition) is 8. The number of phosphoric ester groups is 1. The number of allylic oxidation sites excluding steroid dienone is 4. The lowest BCUT2D eigenvalue weighted by molar-refractivity contribution is -0.870. The lowest BCUT2D eigenvalue weighted by Gasteiger charge is -2.28. The molecular weight excluding hydrogens is 1050 g/mol. The van der Waals surface area contributed by atoms with Crippen LogP contribution in [0.5, 0.6) is 0 Å². The van der Waals surface area contributed by atoms with E-state index in [1.165, 1.54) is 302 Å². The highest BCUT2D eigenvalue weighted by atomic mass is 31.2. The van der Waals surface area contributed by atoms with Gasteiger partial charge in [0.2, 0.25) is 0 Å². The van der Waals surface area contributed by atoms with Crippen molar-refractivity contribution >= 4 is 19.8 Å². The topological polar surface area (TPSA) is 111 Å². The van der Waals surface area contributed by atoms with E-state index >= 15 is 0 Å². The molecule has 0 saturated carbocycles. The van der Waals surface area contributed by atoms with Gasteiger partial charge >= 0.3 is 11.9 Å². The van der Waals surface area contributed by atoms with Gasteiger partial charge in [0.25, 0.3) is 7.82 Å². The van der Waals surface area contributed by atoms with E-state index in [0.29, 0.717) is 17.4 Å². The summed E-state index contributed by atoms with van der Waals surface area (Å²) in [7, 11) is 1.18. The van der Waals surface area contributed by atoms with Crippen LogP contribution >= 0.6 is 7.82 Å². The Labute approximate surface area is 517 Å². The van der Waals surface area contributed by atoms with E-state index in [9.17, 15) is 19.0 Å². The van der Waals surface area contributed by atoms with Gasteiger partial charge in [0, 0.05) is 12.8 Å². The minimum Gasteiger partial charge on any atom is -0.756 e. The molecule has 0 heterocycles. The maximum Gasteiger partial charge on any atom is 0.306 e. The fraction of sp³-hybridized carbons (Fsp3) is 0.918. The van der Waals surface area contributed by atoms with Gasteiger partial charge in [-0.2, -0.15) is 0 Å². The van der Waals surface area contributed by atoms with E-state index in [-0.39, 0.29) is 32.0 Å². The fourth-order valence-electron chi connectivity index (χ4n) is 11.1. The standard InChI is InChI=1S/C73H142NO8P/c1-6-8-10-12-14-16-18-20-22-24-26-28-30-31-32-33-34-35-36-37-38-39-40-41-42-44-45-47-49-51-53-55-57-59-61-63-65-72(75)79-69-71(70-81-83(77,78)80-68-67-74(3,4)5)82-73(76)66-64-62-60-58-56-54-52-50-48-46-43-29-27-25-23-21-19-17-15-13-11-9-7-2/h19,21,25,27,71H,6-18,20,22-24,26,28-70H2,1-5H3/b21-19-,27-25-. The number of phosphoric acid groups is 1. The molecule has 0 rings (SSSR count). The van der Waals surface area contributed by atoms with Crippen LogP contribution in [0.1, 0.15) is 380 Å². The molecule has 83 heavy (non-hydrogen) atoms. The van der Waals surface area contributed by atoms with Gasteiger partial charge in [-0.1, -0.05) is 346 Å². The van der Waals surface area contributed by atoms with E-state index in [0.717, 1.165) is 44.9 Å². The molecule has 0 aromatic rings. The van der Waals surface area contributed by atoms with Crippen molar-refractivity contribution in [2.24, 2.45) is 0 Å². The van der Waals surface area contributed by atoms with Crippen LogP contribution in [0.3, 0.4) is 0 Å². The molecule has 9 nitrogen and oxygen atoms in total. The molecule has 0 fully saturated rings. The van der Waals surface area contributed by atoms with Crippen molar-refractivity contribution in [3.05, 3.63) is 24.3 Å². The molecule has 0 bridgehead atoms. The minimum absolute atomic E-state index is 0.0283. The number of quaternary nitrogens is 1. The first kappa shape index (κ1) is 81.5. The molecule has 0 N–H and O–H groups in total. The number of carbonyl (C=O) groups is 2. The van der Waals surface area contributed by atoms with Gasteiger partial charge in [-0.3, -0.25) is 14.2 Å². The van der Waals surface area contributed by atoms with Crippen LogP contribution < -0.4 is 4.89 Å². The normalized spacial score (nSPS) is 13.2. The maximum absolute atomic E-state index is 12.8. The molecule has 0 amide bonds. The lowest BCUT2D eigenvalue weighted by atomic mass is 10.0. The minimum atomic E-state index is -4.64. The number of hydrogen-bond donors (Lipinski definition) is 0. The Kier molecular flexibility index (Phi) is 63.8. The predicted molar refractivity (Wildman–Crippen MR) is 356 cm³/mol. The second-order valence-electron chi connectivity index (χ2n) is 26.3. The summed E-state index contributed by atoms with van der Waals surface area (Å²) >= 11 is 0. The fourth-order valence-corrected chi connectivity index (χ4v) is 11.8. The zero-order valence-electron chi connectivity index (χ0n) is 56.2. The Balaban J connectivity index is 3.92. The Bertz CT molecular complexity index is 1450. The summed E-state index contributed by atoms with van der Waals surface area (Å²) in [6, 6.07) is 0. The van der Waals surface area contributed by atoms with Crippen LogP contribution in [-0.4, -0.2) is 70.0 Å². The molecule has 0 aliphatic rings. The quantitative estimate of drug-likeness (QED) is 0.0195. The van der Waals surface area contributed by atoms with Gasteiger partial charge in [0.1, 0.15) is 19.8 Å². The Morgan fingerprint density at radius 1 is 0.373 bits per heavy atom. The highest BCUT2D eigenvalue weighted by Gasteiger charge is 2.22. The zero-order chi connectivity index (χ0) is 60.5. The van der Waals surface area contributed by atoms with E-state index in [4.69, 9.17) is 18.5 Å². The third-order valence-corrected chi connectivity index (χ3v) is 17.7. The predicted octanol–water partition coefficient (Wildman–Crippen LogP) is 23.0. The summed E-state index contributed by atoms with van der Waals surface area (Å²) in [4.78, 5) is 38.1. The molecule has 0 radical (unpaired) electrons. The molecule has 0 aliphatic heterocycles. The van der Waals surface area contributed by atoms with Crippen molar-refractivity contribution < 1.29 is 42.1 Å². The summed E-state index contributed by atoms with van der Waals surface area (Å²) in [5, 5.41) is 0. The van der Waals surface area contributed by atoms with Crippen molar-refractivity contribution in [3.8, 4) is 0 Å². The summed E-state index contributed by atoms with van der Waals surface area (Å²) < 4.78 is 34.3. The number of esters is 2. The molecule has 0 aromatic heterocycles. The van der Waals surface area contributed by atoms with E-state index in [2.05, 4.69) is 38.2 Å². The first-order chi connectivity index (χ1) is 40.5. The van der Waals surface area contributed by atoms with Gasteiger partial charge < -0.3 is 27.9 Å². The van der Waals surface area contributed by atoms with Crippen LogP contribution in [0.2, 0.25) is 0 Å². The lowest BCUT2D eigenvalue weighted by Crippen LogP contribution is -2.37. The van der Waals surface area contributed by atoms with Crippen LogP contribution in [-0.2, 0) is 32.7 Å². The van der Waals surface area contributed by atoms with Crippen LogP contribution in [0, 0.1) is 0 Å². The third kappa shape index (κ3) is 69.5. The van der Waals surface area contributed by atoms with Crippen molar-refractivity contribution in [1.29, 1.82) is 0 Å². The summed E-state index contributed by atoms with van der Waals surface area (Å²) in [5.74, 6) is -0.814. The smallest absolute Gasteiger partial charge is 0.306 e. The first-order valence-corrected chi connectivity index (χ1v) is 38.0. The number of carbonyl (C=O) groups excluding carboxylic acids is 2. The van der Waals surface area contributed by atoms with Crippen molar-refractivity contribution in [2.75, 3.05) is 47.5 Å². The van der Waals surface area contributed by atoms with Crippen LogP contribution in [0.15, 0.2) is 24.3 Å². The van der Waals surface area contributed by atoms with Gasteiger partial charge in [-0.25, -0.2) is 0 Å². The molecule has 0 aliphatic carbocycles. The van der Waals surface area contributed by atoms with Crippen LogP contribution in [0.25, 0.3) is 0 Å². The number of unbranched alkanes of at least 4 members (excludes halogenated alkanes) is 51. The van der Waals surface area contributed by atoms with Crippen molar-refractivity contribution in [2.45, 2.75) is 386 Å². The number of ether oxygens (including phenoxy) is 2. The highest BCUT2D eigenvalue weighted by molar-refractivity contribution is 7.45. The molecule has 0 spiro atoms. The third-order valence-electron chi connectivity index (χ3n) is 16.7. The highest BCUT2D eigenvalue weighted by Crippen LogP contribution is 2.38. The number of likely N-dealkylation sites (N-methyl/N-ethyl adjacent to an activating group) is 1. The van der Waals surface area contributed by atoms with E-state index in [1.54, 1.807) is 0 Å². The molecule has 10 heteroatoms.